The molecule has 0 unspecified atom stereocenters. The molecule has 11 heteroatoms. The number of benzene rings is 1. The van der Waals surface area contributed by atoms with Crippen molar-refractivity contribution in [2.45, 2.75) is 82.5 Å². The second-order valence-corrected chi connectivity index (χ2v) is 12.6. The second-order valence-electron chi connectivity index (χ2n) is 12.6. The van der Waals surface area contributed by atoms with E-state index in [9.17, 15) is 23.5 Å². The van der Waals surface area contributed by atoms with E-state index in [0.29, 0.717) is 25.9 Å². The Labute approximate surface area is 243 Å². The van der Waals surface area contributed by atoms with E-state index in [0.717, 1.165) is 36.2 Å². The average Bonchev–Trinajstić information content (AvgIpc) is 3.37. The fourth-order valence-corrected chi connectivity index (χ4v) is 6.02. The molecule has 1 saturated carbocycles. The Morgan fingerprint density at radius 3 is 2.52 bits per heavy atom. The standard InChI is InChI=1S/C31H37F2N5O4/c1-19-13-20(9-12-34-19)29(2,3)35-27(39)16-31(17-38(18-31)22-7-10-30(4,41)11-8-22)36-28(40)25-15-26(42-37-25)23-6-5-21(32)14-24(23)33/h5-6,9,12-15,22,41H,7-8,10-11,16-18H2,1-4H3,(H,35,39)(H,36,40). The lowest BCUT2D eigenvalue weighted by Crippen LogP contribution is -2.73. The van der Waals surface area contributed by atoms with Crippen molar-refractivity contribution < 1.29 is 28.0 Å². The molecule has 0 radical (unpaired) electrons. The summed E-state index contributed by atoms with van der Waals surface area (Å²) in [6.07, 6.45) is 4.77. The first kappa shape index (κ1) is 29.8. The summed E-state index contributed by atoms with van der Waals surface area (Å²) in [4.78, 5) is 33.3. The van der Waals surface area contributed by atoms with E-state index in [1.807, 2.05) is 39.8 Å². The van der Waals surface area contributed by atoms with Gasteiger partial charge in [0.15, 0.2) is 11.5 Å². The van der Waals surface area contributed by atoms with E-state index in [1.165, 1.54) is 12.1 Å². The van der Waals surface area contributed by atoms with Gasteiger partial charge in [-0.2, -0.15) is 0 Å². The number of carbonyl (C=O) groups is 2. The molecule has 9 nitrogen and oxygen atoms in total. The number of hydrogen-bond donors (Lipinski definition) is 3. The lowest BCUT2D eigenvalue weighted by Gasteiger charge is -2.54. The molecule has 2 amide bonds. The highest BCUT2D eigenvalue weighted by Gasteiger charge is 2.49. The van der Waals surface area contributed by atoms with Gasteiger partial charge in [-0.25, -0.2) is 8.78 Å². The minimum Gasteiger partial charge on any atom is -0.390 e. The van der Waals surface area contributed by atoms with Crippen molar-refractivity contribution in [2.75, 3.05) is 13.1 Å². The summed E-state index contributed by atoms with van der Waals surface area (Å²) in [5, 5.41) is 20.3. The summed E-state index contributed by atoms with van der Waals surface area (Å²) < 4.78 is 32.8. The molecule has 3 N–H and O–H groups in total. The van der Waals surface area contributed by atoms with E-state index in [4.69, 9.17) is 4.52 Å². The maximum absolute atomic E-state index is 14.3. The number of pyridine rings is 1. The molecular weight excluding hydrogens is 544 g/mol. The van der Waals surface area contributed by atoms with Crippen LogP contribution < -0.4 is 10.6 Å². The first-order valence-corrected chi connectivity index (χ1v) is 14.2. The van der Waals surface area contributed by atoms with Gasteiger partial charge in [0.25, 0.3) is 5.91 Å². The molecule has 5 rings (SSSR count). The summed E-state index contributed by atoms with van der Waals surface area (Å²) >= 11 is 0. The third kappa shape index (κ3) is 6.52. The van der Waals surface area contributed by atoms with Crippen LogP contribution >= 0.6 is 0 Å². The molecule has 1 aliphatic carbocycles. The highest BCUT2D eigenvalue weighted by atomic mass is 19.1. The number of nitrogens with zero attached hydrogens (tertiary/aromatic N) is 3. The minimum absolute atomic E-state index is 0.0108. The van der Waals surface area contributed by atoms with Crippen molar-refractivity contribution in [3.8, 4) is 11.3 Å². The Kier molecular flexibility index (Phi) is 7.93. The Bertz CT molecular complexity index is 1470. The quantitative estimate of drug-likeness (QED) is 0.364. The Hall–Kier alpha value is -3.70. The SMILES string of the molecule is Cc1cc(C(C)(C)NC(=O)CC2(NC(=O)c3cc(-c4ccc(F)cc4F)on3)CN(C3CCC(C)(O)CC3)C2)ccn1. The van der Waals surface area contributed by atoms with E-state index < -0.39 is 34.2 Å². The number of halogens is 2. The predicted molar refractivity (Wildman–Crippen MR) is 151 cm³/mol. The molecule has 2 aliphatic rings. The van der Waals surface area contributed by atoms with Gasteiger partial charge in [0.2, 0.25) is 5.91 Å². The van der Waals surface area contributed by atoms with Gasteiger partial charge in [-0.15, -0.1) is 0 Å². The molecule has 3 heterocycles. The van der Waals surface area contributed by atoms with Gasteiger partial charge in [-0.1, -0.05) is 5.16 Å². The number of aliphatic hydroxyl groups is 1. The van der Waals surface area contributed by atoms with Crippen molar-refractivity contribution >= 4 is 11.8 Å². The van der Waals surface area contributed by atoms with Gasteiger partial charge < -0.3 is 20.3 Å². The summed E-state index contributed by atoms with van der Waals surface area (Å²) in [5.41, 5.74) is -0.554. The van der Waals surface area contributed by atoms with Crippen LogP contribution in [0, 0.1) is 18.6 Å². The van der Waals surface area contributed by atoms with Gasteiger partial charge in [0.1, 0.15) is 11.6 Å². The van der Waals surface area contributed by atoms with Crippen molar-refractivity contribution in [1.82, 2.24) is 25.7 Å². The number of amides is 2. The average molecular weight is 582 g/mol. The summed E-state index contributed by atoms with van der Waals surface area (Å²) in [6, 6.07) is 8.37. The fourth-order valence-electron chi connectivity index (χ4n) is 6.02. The third-order valence-electron chi connectivity index (χ3n) is 8.45. The van der Waals surface area contributed by atoms with E-state index in [2.05, 4.69) is 25.7 Å². The Balaban J connectivity index is 1.31. The monoisotopic (exact) mass is 581 g/mol. The number of aryl methyl sites for hydroxylation is 1. The number of nitrogens with one attached hydrogen (secondary N) is 2. The number of hydrogen-bond acceptors (Lipinski definition) is 7. The van der Waals surface area contributed by atoms with Crippen LogP contribution in [-0.4, -0.2) is 62.2 Å². The topological polar surface area (TPSA) is 121 Å². The molecule has 224 valence electrons. The molecule has 0 bridgehead atoms. The maximum atomic E-state index is 14.3. The molecule has 2 aromatic heterocycles. The van der Waals surface area contributed by atoms with Crippen LogP contribution in [-0.2, 0) is 10.3 Å². The number of aromatic nitrogens is 2. The predicted octanol–water partition coefficient (Wildman–Crippen LogP) is 4.24. The fraction of sp³-hybridized carbons (Fsp3) is 0.484. The van der Waals surface area contributed by atoms with Crippen molar-refractivity contribution in [3.05, 3.63) is 71.2 Å². The van der Waals surface area contributed by atoms with Gasteiger partial charge in [0, 0.05) is 43.2 Å². The molecule has 0 atom stereocenters. The van der Waals surface area contributed by atoms with E-state index >= 15 is 0 Å². The second kappa shape index (κ2) is 11.2. The lowest BCUT2D eigenvalue weighted by atomic mass is 9.78. The van der Waals surface area contributed by atoms with Crippen LogP contribution in [0.1, 0.15) is 74.6 Å². The minimum atomic E-state index is -0.869. The first-order valence-electron chi connectivity index (χ1n) is 14.2. The normalized spacial score (nSPS) is 22.3. The summed E-state index contributed by atoms with van der Waals surface area (Å²) in [5.74, 6) is -2.36. The van der Waals surface area contributed by atoms with Crippen LogP contribution in [0.25, 0.3) is 11.3 Å². The van der Waals surface area contributed by atoms with Gasteiger partial charge >= 0.3 is 0 Å². The van der Waals surface area contributed by atoms with Crippen molar-refractivity contribution in [2.24, 2.45) is 0 Å². The smallest absolute Gasteiger partial charge is 0.274 e. The van der Waals surface area contributed by atoms with Crippen LogP contribution in [0.2, 0.25) is 0 Å². The first-order chi connectivity index (χ1) is 19.7. The molecule has 42 heavy (non-hydrogen) atoms. The zero-order valence-electron chi connectivity index (χ0n) is 24.3. The molecule has 1 aliphatic heterocycles. The summed E-state index contributed by atoms with van der Waals surface area (Å²) in [7, 11) is 0. The van der Waals surface area contributed by atoms with Crippen LogP contribution in [0.3, 0.4) is 0 Å². The molecular formula is C31H37F2N5O4. The zero-order chi connectivity index (χ0) is 30.3. The van der Waals surface area contributed by atoms with Crippen LogP contribution in [0.5, 0.6) is 0 Å². The van der Waals surface area contributed by atoms with E-state index in [-0.39, 0.29) is 35.4 Å². The van der Waals surface area contributed by atoms with Gasteiger partial charge in [-0.3, -0.25) is 19.5 Å². The molecule has 1 aromatic carbocycles. The van der Waals surface area contributed by atoms with Crippen molar-refractivity contribution in [1.29, 1.82) is 0 Å². The summed E-state index contributed by atoms with van der Waals surface area (Å²) in [6.45, 7) is 8.47. The molecule has 1 saturated heterocycles. The highest BCUT2D eigenvalue weighted by Crippen LogP contribution is 2.36. The number of rotatable bonds is 8. The van der Waals surface area contributed by atoms with Crippen LogP contribution in [0.4, 0.5) is 8.78 Å². The number of likely N-dealkylation sites (tertiary alicyclic amines) is 1. The van der Waals surface area contributed by atoms with E-state index in [1.54, 1.807) is 6.20 Å². The largest absolute Gasteiger partial charge is 0.390 e. The Morgan fingerprint density at radius 2 is 1.86 bits per heavy atom. The van der Waals surface area contributed by atoms with Gasteiger partial charge in [-0.05, 0) is 83.2 Å². The van der Waals surface area contributed by atoms with Crippen LogP contribution in [0.15, 0.2) is 47.1 Å². The molecule has 2 fully saturated rings. The Morgan fingerprint density at radius 1 is 1.14 bits per heavy atom. The van der Waals surface area contributed by atoms with Crippen molar-refractivity contribution in [3.63, 3.8) is 0 Å². The molecule has 3 aromatic rings. The third-order valence-corrected chi connectivity index (χ3v) is 8.45. The zero-order valence-corrected chi connectivity index (χ0v) is 24.3. The highest BCUT2D eigenvalue weighted by molar-refractivity contribution is 5.94. The van der Waals surface area contributed by atoms with Gasteiger partial charge in [0.05, 0.1) is 28.7 Å². The maximum Gasteiger partial charge on any atom is 0.274 e. The molecule has 0 spiro atoms. The lowest BCUT2D eigenvalue weighted by molar-refractivity contribution is -0.127. The number of carbonyl (C=O) groups excluding carboxylic acids is 2.